The molecule has 7 aromatic rings. The summed E-state index contributed by atoms with van der Waals surface area (Å²) in [7, 11) is 0. The molecule has 0 fully saturated rings. The van der Waals surface area contributed by atoms with E-state index in [1.165, 1.54) is 10.3 Å². The van der Waals surface area contributed by atoms with Gasteiger partial charge in [0.05, 0.1) is 32.6 Å². The van der Waals surface area contributed by atoms with E-state index >= 15 is 0 Å². The molecule has 0 spiro atoms. The van der Waals surface area contributed by atoms with Crippen LogP contribution in [0, 0.1) is 0 Å². The van der Waals surface area contributed by atoms with Crippen LogP contribution in [0.3, 0.4) is 0 Å². The van der Waals surface area contributed by atoms with E-state index in [0.29, 0.717) is 18.4 Å². The van der Waals surface area contributed by atoms with Gasteiger partial charge in [-0.3, -0.25) is 9.97 Å². The molecule has 8 heteroatoms. The summed E-state index contributed by atoms with van der Waals surface area (Å²) in [6.07, 6.45) is 3.51. The average molecular weight is 531 g/mol. The lowest BCUT2D eigenvalue weighted by Crippen LogP contribution is -2.05. The number of aromatic amines is 2. The predicted octanol–water partition coefficient (Wildman–Crippen LogP) is 8.07. The van der Waals surface area contributed by atoms with Crippen molar-refractivity contribution in [1.29, 1.82) is 0 Å². The third-order valence-corrected chi connectivity index (χ3v) is 8.82. The first kappa shape index (κ1) is 22.7. The fourth-order valence-corrected chi connectivity index (χ4v) is 6.73. The van der Waals surface area contributed by atoms with Crippen LogP contribution >= 0.6 is 11.3 Å². The fourth-order valence-electron chi connectivity index (χ4n) is 5.57. The summed E-state index contributed by atoms with van der Waals surface area (Å²) in [6, 6.07) is 13.2. The fraction of sp³-hybridized carbons (Fsp3) is 0.226. The molecule has 39 heavy (non-hydrogen) atoms. The predicted molar refractivity (Wildman–Crippen MR) is 158 cm³/mol. The Morgan fingerprint density at radius 1 is 0.821 bits per heavy atom. The molecule has 0 bridgehead atoms. The summed E-state index contributed by atoms with van der Waals surface area (Å²) in [5.41, 5.74) is 7.89. The highest BCUT2D eigenvalue weighted by atomic mass is 32.1. The Kier molecular flexibility index (Phi) is 4.71. The van der Waals surface area contributed by atoms with Gasteiger partial charge in [0.25, 0.3) is 0 Å². The number of ether oxygens (including phenoxy) is 1. The highest BCUT2D eigenvalue weighted by Crippen LogP contribution is 2.47. The molecule has 0 saturated carbocycles. The van der Waals surface area contributed by atoms with E-state index < -0.39 is 0 Å². The Labute approximate surface area is 228 Å². The van der Waals surface area contributed by atoms with Crippen LogP contribution < -0.4 is 4.74 Å². The molecule has 0 radical (unpaired) electrons. The van der Waals surface area contributed by atoms with Gasteiger partial charge < -0.3 is 14.7 Å². The Morgan fingerprint density at radius 3 is 2.44 bits per heavy atom. The molecule has 5 heterocycles. The van der Waals surface area contributed by atoms with Crippen LogP contribution in [0.25, 0.3) is 64.6 Å². The first-order chi connectivity index (χ1) is 19.0. The molecule has 4 aromatic heterocycles. The van der Waals surface area contributed by atoms with Gasteiger partial charge in [0.2, 0.25) is 0 Å². The van der Waals surface area contributed by atoms with Crippen LogP contribution in [0.4, 0.5) is 0 Å². The SMILES string of the molecule is CC(C)c1nc2c([nH]1)COc1c-2ccc2cc(-c3ccc4c(c3)c3nccnc3c3[nH]c(C(C)C)nc43)sc12. The van der Waals surface area contributed by atoms with Crippen molar-refractivity contribution in [3.63, 3.8) is 0 Å². The quantitative estimate of drug-likeness (QED) is 0.225. The van der Waals surface area contributed by atoms with E-state index in [1.54, 1.807) is 23.7 Å². The number of rotatable bonds is 3. The lowest BCUT2D eigenvalue weighted by molar-refractivity contribution is 0.302. The number of aromatic nitrogens is 6. The molecule has 8 rings (SSSR count). The molecule has 0 saturated heterocycles. The number of H-pyrrole nitrogens is 2. The zero-order chi connectivity index (χ0) is 26.4. The lowest BCUT2D eigenvalue weighted by Gasteiger charge is -2.17. The number of nitrogens with zero attached hydrogens (tertiary/aromatic N) is 4. The molecular weight excluding hydrogens is 504 g/mol. The van der Waals surface area contributed by atoms with Gasteiger partial charge in [-0.05, 0) is 29.1 Å². The van der Waals surface area contributed by atoms with Crippen molar-refractivity contribution in [2.45, 2.75) is 46.1 Å². The average Bonchev–Trinajstić information content (AvgIpc) is 3.69. The number of fused-ring (bicyclic) bond motifs is 11. The second-order valence-corrected chi connectivity index (χ2v) is 11.9. The van der Waals surface area contributed by atoms with E-state index in [-0.39, 0.29) is 0 Å². The Bertz CT molecular complexity index is 2100. The number of imidazole rings is 2. The van der Waals surface area contributed by atoms with Crippen LogP contribution in [0.15, 0.2) is 48.8 Å². The number of hydrogen-bond acceptors (Lipinski definition) is 6. The highest BCUT2D eigenvalue weighted by Gasteiger charge is 2.25. The number of hydrogen-bond donors (Lipinski definition) is 2. The maximum absolute atomic E-state index is 6.31. The Balaban J connectivity index is 1.31. The molecule has 3 aromatic carbocycles. The van der Waals surface area contributed by atoms with Crippen LogP contribution in [-0.4, -0.2) is 29.9 Å². The molecule has 2 N–H and O–H groups in total. The molecule has 192 valence electrons. The summed E-state index contributed by atoms with van der Waals surface area (Å²) in [4.78, 5) is 27.5. The van der Waals surface area contributed by atoms with Crippen molar-refractivity contribution >= 4 is 54.3 Å². The van der Waals surface area contributed by atoms with Crippen molar-refractivity contribution in [2.75, 3.05) is 0 Å². The third-order valence-electron chi connectivity index (χ3n) is 7.62. The van der Waals surface area contributed by atoms with Gasteiger partial charge in [-0.2, -0.15) is 0 Å². The summed E-state index contributed by atoms with van der Waals surface area (Å²) < 4.78 is 7.46. The van der Waals surface area contributed by atoms with E-state index in [1.807, 2.05) is 0 Å². The molecule has 0 unspecified atom stereocenters. The van der Waals surface area contributed by atoms with Gasteiger partial charge in [0.1, 0.15) is 29.5 Å². The molecule has 1 aliphatic rings. The second kappa shape index (κ2) is 8.10. The Hall–Kier alpha value is -4.30. The first-order valence-corrected chi connectivity index (χ1v) is 14.1. The van der Waals surface area contributed by atoms with Gasteiger partial charge >= 0.3 is 0 Å². The van der Waals surface area contributed by atoms with Gasteiger partial charge in [0.15, 0.2) is 0 Å². The minimum atomic E-state index is 0.291. The zero-order valence-electron chi connectivity index (χ0n) is 22.1. The molecule has 0 amide bonds. The highest BCUT2D eigenvalue weighted by molar-refractivity contribution is 7.22. The van der Waals surface area contributed by atoms with E-state index in [9.17, 15) is 0 Å². The van der Waals surface area contributed by atoms with Crippen molar-refractivity contribution < 1.29 is 4.74 Å². The minimum absolute atomic E-state index is 0.291. The largest absolute Gasteiger partial charge is 0.485 e. The lowest BCUT2D eigenvalue weighted by atomic mass is 10.0. The monoisotopic (exact) mass is 530 g/mol. The second-order valence-electron chi connectivity index (χ2n) is 10.9. The zero-order valence-corrected chi connectivity index (χ0v) is 22.9. The van der Waals surface area contributed by atoms with E-state index in [2.05, 4.69) is 74.1 Å². The molecule has 0 aliphatic carbocycles. The van der Waals surface area contributed by atoms with Gasteiger partial charge in [0, 0.05) is 45.4 Å². The smallest absolute Gasteiger partial charge is 0.147 e. The maximum Gasteiger partial charge on any atom is 0.147 e. The summed E-state index contributed by atoms with van der Waals surface area (Å²) in [5, 5.41) is 3.31. The number of thiophene rings is 1. The topological polar surface area (TPSA) is 92.4 Å². The standard InChI is InChI=1S/C31H26N6OS/c1-14(2)30-34-21-13-38-28-19(23(21)35-30)8-6-17-12-22(39-29(17)28)16-5-7-18-20(11-16)24-26(33-10-9-32-24)27-25(18)36-31(37-27)15(3)4/h5-12,14-15H,13H2,1-4H3,(H,34,35)(H,36,37). The molecule has 0 atom stereocenters. The maximum atomic E-state index is 6.31. The normalized spacial score (nSPS) is 13.2. The first-order valence-electron chi connectivity index (χ1n) is 13.3. The van der Waals surface area contributed by atoms with E-state index in [4.69, 9.17) is 24.7 Å². The summed E-state index contributed by atoms with van der Waals surface area (Å²) >= 11 is 1.76. The third kappa shape index (κ3) is 3.27. The van der Waals surface area contributed by atoms with E-state index in [0.717, 1.165) is 77.5 Å². The van der Waals surface area contributed by atoms with Crippen molar-refractivity contribution in [2.24, 2.45) is 0 Å². The molecule has 7 nitrogen and oxygen atoms in total. The summed E-state index contributed by atoms with van der Waals surface area (Å²) in [6.45, 7) is 9.10. The van der Waals surface area contributed by atoms with Crippen molar-refractivity contribution in [3.8, 4) is 27.4 Å². The summed E-state index contributed by atoms with van der Waals surface area (Å²) in [5.74, 6) is 3.52. The number of benzene rings is 3. The van der Waals surface area contributed by atoms with Gasteiger partial charge in [-0.1, -0.05) is 45.9 Å². The van der Waals surface area contributed by atoms with Crippen LogP contribution in [0.1, 0.15) is 56.9 Å². The van der Waals surface area contributed by atoms with Gasteiger partial charge in [-0.25, -0.2) is 9.97 Å². The van der Waals surface area contributed by atoms with Crippen LogP contribution in [-0.2, 0) is 6.61 Å². The number of nitrogens with one attached hydrogen (secondary N) is 2. The molecular formula is C31H26N6OS. The van der Waals surface area contributed by atoms with Crippen LogP contribution in [0.5, 0.6) is 5.75 Å². The van der Waals surface area contributed by atoms with Crippen molar-refractivity contribution in [3.05, 3.63) is 66.1 Å². The Morgan fingerprint density at radius 2 is 1.62 bits per heavy atom. The van der Waals surface area contributed by atoms with Gasteiger partial charge in [-0.15, -0.1) is 11.3 Å². The van der Waals surface area contributed by atoms with Crippen LogP contribution in [0.2, 0.25) is 0 Å². The minimum Gasteiger partial charge on any atom is -0.485 e. The van der Waals surface area contributed by atoms with Crippen molar-refractivity contribution in [1.82, 2.24) is 29.9 Å². The molecule has 1 aliphatic heterocycles.